The third-order valence-electron chi connectivity index (χ3n) is 5.66. The molecular weight excluding hydrogens is 367 g/mol. The van der Waals surface area contributed by atoms with Gasteiger partial charge in [-0.1, -0.05) is 18.2 Å². The zero-order chi connectivity index (χ0) is 19.8. The molecule has 2 aromatic carbocycles. The van der Waals surface area contributed by atoms with Gasteiger partial charge >= 0.3 is 0 Å². The number of phenols is 1. The van der Waals surface area contributed by atoms with Crippen molar-refractivity contribution < 1.29 is 9.50 Å². The summed E-state index contributed by atoms with van der Waals surface area (Å²) in [4.78, 5) is 0. The number of hydrogen-bond acceptors (Lipinski definition) is 4. The summed E-state index contributed by atoms with van der Waals surface area (Å²) in [5, 5.41) is 22.0. The molecule has 0 aliphatic carbocycles. The fourth-order valence-electron chi connectivity index (χ4n) is 4.09. The van der Waals surface area contributed by atoms with Crippen LogP contribution in [0.5, 0.6) is 5.75 Å². The summed E-state index contributed by atoms with van der Waals surface area (Å²) >= 11 is 0. The van der Waals surface area contributed by atoms with E-state index < -0.39 is 0 Å². The number of benzene rings is 2. The second-order valence-electron chi connectivity index (χ2n) is 7.44. The minimum absolute atomic E-state index is 0.136. The molecule has 2 N–H and O–H groups in total. The average Bonchev–Trinajstić information content (AvgIpc) is 3.17. The first-order valence-electron chi connectivity index (χ1n) is 9.84. The van der Waals surface area contributed by atoms with Gasteiger partial charge in [0, 0.05) is 11.8 Å². The average molecular weight is 388 g/mol. The normalized spacial score (nSPS) is 15.1. The second kappa shape index (κ2) is 7.29. The van der Waals surface area contributed by atoms with Crippen molar-refractivity contribution >= 4 is 11.0 Å². The van der Waals surface area contributed by atoms with Crippen LogP contribution in [0.2, 0.25) is 0 Å². The molecule has 5 rings (SSSR count). The summed E-state index contributed by atoms with van der Waals surface area (Å²) in [6, 6.07) is 16.2. The first-order valence-corrected chi connectivity index (χ1v) is 9.84. The minimum Gasteiger partial charge on any atom is -0.507 e. The third kappa shape index (κ3) is 3.25. The maximum absolute atomic E-state index is 15.1. The van der Waals surface area contributed by atoms with Gasteiger partial charge in [-0.25, -0.2) is 4.39 Å². The molecule has 1 aliphatic rings. The lowest BCUT2D eigenvalue weighted by Crippen LogP contribution is -2.26. The predicted octanol–water partition coefficient (Wildman–Crippen LogP) is 4.40. The molecule has 1 saturated heterocycles. The van der Waals surface area contributed by atoms with Gasteiger partial charge in [-0.3, -0.25) is 0 Å². The van der Waals surface area contributed by atoms with Crippen molar-refractivity contribution in [3.05, 3.63) is 72.2 Å². The highest BCUT2D eigenvalue weighted by Gasteiger charge is 2.18. The molecular formula is C23H21FN4O. The van der Waals surface area contributed by atoms with Crippen molar-refractivity contribution in [1.82, 2.24) is 20.1 Å². The fourth-order valence-corrected chi connectivity index (χ4v) is 4.09. The number of hydrogen-bond donors (Lipinski definition) is 2. The Hall–Kier alpha value is -3.25. The van der Waals surface area contributed by atoms with Gasteiger partial charge in [-0.05, 0) is 73.8 Å². The zero-order valence-corrected chi connectivity index (χ0v) is 15.8. The molecule has 6 heteroatoms. The monoisotopic (exact) mass is 388 g/mol. The number of aromatic hydroxyl groups is 1. The van der Waals surface area contributed by atoms with E-state index in [1.54, 1.807) is 35.0 Å². The highest BCUT2D eigenvalue weighted by molar-refractivity contribution is 5.82. The lowest BCUT2D eigenvalue weighted by Gasteiger charge is -2.23. The summed E-state index contributed by atoms with van der Waals surface area (Å²) < 4.78 is 16.9. The van der Waals surface area contributed by atoms with E-state index in [0.717, 1.165) is 37.0 Å². The van der Waals surface area contributed by atoms with Crippen LogP contribution in [0.1, 0.15) is 24.3 Å². The van der Waals surface area contributed by atoms with Gasteiger partial charge in [0.15, 0.2) is 0 Å². The molecule has 0 saturated carbocycles. The molecule has 1 aliphatic heterocycles. The number of halogens is 1. The molecule has 3 heterocycles. The van der Waals surface area contributed by atoms with Crippen molar-refractivity contribution in [3.63, 3.8) is 0 Å². The Morgan fingerprint density at radius 3 is 2.62 bits per heavy atom. The highest BCUT2D eigenvalue weighted by atomic mass is 19.1. The molecule has 0 radical (unpaired) electrons. The first kappa shape index (κ1) is 17.8. The Bertz CT molecular complexity index is 1180. The zero-order valence-electron chi connectivity index (χ0n) is 15.8. The number of nitrogens with zero attached hydrogens (tertiary/aromatic N) is 3. The molecule has 4 aromatic rings. The van der Waals surface area contributed by atoms with E-state index in [-0.39, 0.29) is 11.6 Å². The van der Waals surface area contributed by atoms with Crippen LogP contribution in [-0.2, 0) is 0 Å². The number of para-hydroxylation sites is 1. The number of nitrogens with one attached hydrogen (secondary N) is 1. The first-order chi connectivity index (χ1) is 14.2. The van der Waals surface area contributed by atoms with Crippen molar-refractivity contribution in [2.75, 3.05) is 13.1 Å². The van der Waals surface area contributed by atoms with E-state index in [0.29, 0.717) is 28.4 Å². The van der Waals surface area contributed by atoms with E-state index >= 15 is 4.39 Å². The number of rotatable bonds is 3. The van der Waals surface area contributed by atoms with Crippen molar-refractivity contribution in [2.24, 2.45) is 0 Å². The van der Waals surface area contributed by atoms with Crippen LogP contribution in [0.3, 0.4) is 0 Å². The summed E-state index contributed by atoms with van der Waals surface area (Å²) in [7, 11) is 0. The number of piperidine rings is 1. The SMILES string of the molecule is Oc1ccccc1-c1cc2c(ccn2-c2ccc(C3CCNCC3)cc2F)nn1. The molecule has 5 nitrogen and oxygen atoms in total. The predicted molar refractivity (Wildman–Crippen MR) is 111 cm³/mol. The lowest BCUT2D eigenvalue weighted by atomic mass is 9.90. The van der Waals surface area contributed by atoms with Crippen LogP contribution < -0.4 is 5.32 Å². The third-order valence-corrected chi connectivity index (χ3v) is 5.66. The molecule has 2 aromatic heterocycles. The van der Waals surface area contributed by atoms with Crippen LogP contribution >= 0.6 is 0 Å². The van der Waals surface area contributed by atoms with E-state index in [1.165, 1.54) is 0 Å². The van der Waals surface area contributed by atoms with Crippen LogP contribution in [0.15, 0.2) is 60.8 Å². The van der Waals surface area contributed by atoms with E-state index in [9.17, 15) is 5.11 Å². The summed E-state index contributed by atoms with van der Waals surface area (Å²) in [6.07, 6.45) is 3.87. The number of aromatic nitrogens is 3. The van der Waals surface area contributed by atoms with Gasteiger partial charge < -0.3 is 15.0 Å². The second-order valence-corrected chi connectivity index (χ2v) is 7.44. The van der Waals surface area contributed by atoms with Gasteiger partial charge in [0.2, 0.25) is 0 Å². The van der Waals surface area contributed by atoms with Gasteiger partial charge in [0.25, 0.3) is 0 Å². The molecule has 0 atom stereocenters. The van der Waals surface area contributed by atoms with Crippen molar-refractivity contribution in [3.8, 4) is 22.7 Å². The maximum atomic E-state index is 15.1. The van der Waals surface area contributed by atoms with E-state index in [2.05, 4.69) is 15.5 Å². The molecule has 0 bridgehead atoms. The topological polar surface area (TPSA) is 63.0 Å². The van der Waals surface area contributed by atoms with Crippen LogP contribution in [0.4, 0.5) is 4.39 Å². The Balaban J connectivity index is 1.56. The Labute approximate surface area is 167 Å². The van der Waals surface area contributed by atoms with Crippen molar-refractivity contribution in [1.29, 1.82) is 0 Å². The molecule has 0 unspecified atom stereocenters. The van der Waals surface area contributed by atoms with Crippen molar-refractivity contribution in [2.45, 2.75) is 18.8 Å². The van der Waals surface area contributed by atoms with E-state index in [4.69, 9.17) is 0 Å². The van der Waals surface area contributed by atoms with E-state index in [1.807, 2.05) is 30.3 Å². The largest absolute Gasteiger partial charge is 0.507 e. The maximum Gasteiger partial charge on any atom is 0.147 e. The molecule has 29 heavy (non-hydrogen) atoms. The smallest absolute Gasteiger partial charge is 0.147 e. The summed E-state index contributed by atoms with van der Waals surface area (Å²) in [6.45, 7) is 1.95. The lowest BCUT2D eigenvalue weighted by molar-refractivity contribution is 0.458. The van der Waals surface area contributed by atoms with Gasteiger partial charge in [0.1, 0.15) is 17.1 Å². The quantitative estimate of drug-likeness (QED) is 0.546. The minimum atomic E-state index is -0.251. The Kier molecular flexibility index (Phi) is 4.48. The summed E-state index contributed by atoms with van der Waals surface area (Å²) in [5.74, 6) is 0.288. The van der Waals surface area contributed by atoms with Gasteiger partial charge in [0.05, 0.1) is 16.9 Å². The fraction of sp³-hybridized carbons (Fsp3) is 0.217. The highest BCUT2D eigenvalue weighted by Crippen LogP contribution is 2.31. The standard InChI is InChI=1S/C23H21FN4O/c24-18-13-16(15-7-10-25-11-8-15)5-6-21(18)28-12-9-19-22(28)14-20(27-26-19)17-3-1-2-4-23(17)29/h1-6,9,12-15,25,29H,7-8,10-11H2. The molecule has 0 amide bonds. The van der Waals surface area contributed by atoms with Crippen LogP contribution in [0.25, 0.3) is 28.0 Å². The molecule has 1 fully saturated rings. The molecule has 146 valence electrons. The molecule has 0 spiro atoms. The Morgan fingerprint density at radius 1 is 1.00 bits per heavy atom. The number of fused-ring (bicyclic) bond motifs is 1. The van der Waals surface area contributed by atoms with Crippen LogP contribution in [-0.4, -0.2) is 33.0 Å². The van der Waals surface area contributed by atoms with Crippen LogP contribution in [0, 0.1) is 5.82 Å². The van der Waals surface area contributed by atoms with Gasteiger partial charge in [-0.15, -0.1) is 10.2 Å². The summed E-state index contributed by atoms with van der Waals surface area (Å²) in [5.41, 5.74) is 4.09. The van der Waals surface area contributed by atoms with Gasteiger partial charge in [-0.2, -0.15) is 0 Å². The Morgan fingerprint density at radius 2 is 1.83 bits per heavy atom. The number of phenolic OH excluding ortho intramolecular Hbond substituents is 1.